The van der Waals surface area contributed by atoms with Crippen molar-refractivity contribution in [3.8, 4) is 11.5 Å². The minimum absolute atomic E-state index is 0.160. The fraction of sp³-hybridized carbons (Fsp3) is 0.208. The molecule has 1 N–H and O–H groups in total. The molecule has 0 spiro atoms. The maximum absolute atomic E-state index is 13.0. The molecule has 4 aromatic rings. The summed E-state index contributed by atoms with van der Waals surface area (Å²) in [5.74, 6) is 0.546. The highest BCUT2D eigenvalue weighted by Crippen LogP contribution is 2.26. The maximum Gasteiger partial charge on any atom is 0.343 e. The molecule has 2 aromatic carbocycles. The molecule has 0 bridgehead atoms. The van der Waals surface area contributed by atoms with Crippen molar-refractivity contribution in [2.24, 2.45) is 0 Å². The maximum atomic E-state index is 13.0. The predicted octanol–water partition coefficient (Wildman–Crippen LogP) is 3.82. The minimum Gasteiger partial charge on any atom is -0.496 e. The molecule has 4 rings (SSSR count). The zero-order valence-corrected chi connectivity index (χ0v) is 20.5. The van der Waals surface area contributed by atoms with Crippen LogP contribution in [0.4, 0.5) is 0 Å². The highest BCUT2D eigenvalue weighted by Gasteiger charge is 2.17. The first-order valence-electron chi connectivity index (χ1n) is 10.7. The van der Waals surface area contributed by atoms with Crippen molar-refractivity contribution in [1.29, 1.82) is 0 Å². The number of hydrogen-bond donors (Lipinski definition) is 1. The number of ether oxygens (including phenoxy) is 2. The number of aromatic nitrogens is 3. The van der Waals surface area contributed by atoms with Crippen LogP contribution in [0, 0.1) is 24.0 Å². The Hall–Kier alpha value is -4.32. The molecule has 0 aliphatic heterocycles. The van der Waals surface area contributed by atoms with Crippen LogP contribution in [0.15, 0.2) is 53.8 Å². The number of aromatic amines is 1. The number of fused-ring (bicyclic) bond motifs is 1. The summed E-state index contributed by atoms with van der Waals surface area (Å²) in [7, 11) is 0.0934. The topological polar surface area (TPSA) is 147 Å². The Balaban J connectivity index is 1.46. The van der Waals surface area contributed by atoms with Gasteiger partial charge in [0.1, 0.15) is 18.1 Å². The molecule has 0 radical (unpaired) electrons. The van der Waals surface area contributed by atoms with E-state index >= 15 is 0 Å². The summed E-state index contributed by atoms with van der Waals surface area (Å²) in [5, 5.41) is 9.69. The first-order valence-corrected chi connectivity index (χ1v) is 12.0. The van der Waals surface area contributed by atoms with Gasteiger partial charge in [-0.1, -0.05) is 12.1 Å². The monoisotopic (exact) mass is 510 g/mol. The number of aryl methyl sites for hydroxylation is 1. The molecule has 2 aromatic heterocycles. The third kappa shape index (κ3) is 5.49. The van der Waals surface area contributed by atoms with Crippen LogP contribution in [0.1, 0.15) is 32.7 Å². The van der Waals surface area contributed by atoms with Crippen LogP contribution < -0.4 is 9.47 Å². The summed E-state index contributed by atoms with van der Waals surface area (Å²) in [6.07, 6.45) is 1.69. The van der Waals surface area contributed by atoms with Gasteiger partial charge in [0.05, 0.1) is 46.0 Å². The second kappa shape index (κ2) is 10.5. The lowest BCUT2D eigenvalue weighted by molar-refractivity contribution is -0.763. The van der Waals surface area contributed by atoms with Crippen molar-refractivity contribution in [1.82, 2.24) is 15.0 Å². The van der Waals surface area contributed by atoms with Crippen LogP contribution in [0.5, 0.6) is 11.5 Å². The highest BCUT2D eigenvalue weighted by atomic mass is 32.2. The van der Waals surface area contributed by atoms with Gasteiger partial charge in [-0.05, 0) is 43.7 Å². The molecule has 2 heterocycles. The number of carbonyl (C=O) groups is 1. The SMILES string of the molecule is COc1c(C)cnc(CS(=O)c2nc3ccc(OC(=O)c4ccc(CO[N+](=O)[O-])cc4)cc3[nH]2)c1C. The Labute approximate surface area is 208 Å². The minimum atomic E-state index is -1.49. The quantitative estimate of drug-likeness (QED) is 0.154. The standard InChI is InChI=1S/C24H22N4O7S/c1-14-11-25-21(15(2)22(14)33-3)13-36(32)24-26-19-9-8-18(10-20(19)27-24)35-23(29)17-6-4-16(5-7-17)12-34-28(30)31/h4-11H,12-13H2,1-3H3,(H,26,27). The van der Waals surface area contributed by atoms with Crippen LogP contribution in [-0.4, -0.2) is 37.3 Å². The lowest BCUT2D eigenvalue weighted by Gasteiger charge is -2.11. The molecule has 0 aliphatic carbocycles. The van der Waals surface area contributed by atoms with E-state index in [4.69, 9.17) is 9.47 Å². The summed E-state index contributed by atoms with van der Waals surface area (Å²) in [6.45, 7) is 3.56. The second-order valence-electron chi connectivity index (χ2n) is 7.84. The number of methoxy groups -OCH3 is 1. The van der Waals surface area contributed by atoms with E-state index in [0.29, 0.717) is 28.0 Å². The molecular weight excluding hydrogens is 488 g/mol. The summed E-state index contributed by atoms with van der Waals surface area (Å²) < 4.78 is 23.8. The summed E-state index contributed by atoms with van der Waals surface area (Å²) in [5.41, 5.74) is 4.31. The van der Waals surface area contributed by atoms with Gasteiger partial charge in [-0.3, -0.25) is 9.19 Å². The lowest BCUT2D eigenvalue weighted by Crippen LogP contribution is -2.08. The van der Waals surface area contributed by atoms with E-state index in [1.54, 1.807) is 43.6 Å². The van der Waals surface area contributed by atoms with E-state index in [0.717, 1.165) is 11.1 Å². The van der Waals surface area contributed by atoms with E-state index in [1.807, 2.05) is 13.8 Å². The number of carbonyl (C=O) groups excluding carboxylic acids is 1. The van der Waals surface area contributed by atoms with Gasteiger partial charge in [-0.15, -0.1) is 10.1 Å². The molecule has 12 heteroatoms. The third-order valence-electron chi connectivity index (χ3n) is 5.40. The molecule has 0 amide bonds. The first kappa shape index (κ1) is 24.8. The summed E-state index contributed by atoms with van der Waals surface area (Å²) in [4.78, 5) is 38.9. The fourth-order valence-corrected chi connectivity index (χ4v) is 4.68. The first-order chi connectivity index (χ1) is 17.2. The molecule has 1 atom stereocenters. The molecule has 0 saturated carbocycles. The zero-order valence-electron chi connectivity index (χ0n) is 19.6. The smallest absolute Gasteiger partial charge is 0.343 e. The number of nitrogens with one attached hydrogen (secondary N) is 1. The van der Waals surface area contributed by atoms with Crippen molar-refractivity contribution in [2.75, 3.05) is 7.11 Å². The van der Waals surface area contributed by atoms with Gasteiger partial charge in [-0.2, -0.15) is 0 Å². The number of imidazole rings is 1. The van der Waals surface area contributed by atoms with Crippen molar-refractivity contribution in [3.63, 3.8) is 0 Å². The van der Waals surface area contributed by atoms with Crippen LogP contribution in [0.3, 0.4) is 0 Å². The molecule has 1 unspecified atom stereocenters. The van der Waals surface area contributed by atoms with Crippen LogP contribution in [0.2, 0.25) is 0 Å². The van der Waals surface area contributed by atoms with Gasteiger partial charge in [-0.25, -0.2) is 9.78 Å². The average molecular weight is 511 g/mol. The number of benzene rings is 2. The molecule has 36 heavy (non-hydrogen) atoms. The van der Waals surface area contributed by atoms with Crippen molar-refractivity contribution >= 4 is 27.8 Å². The Morgan fingerprint density at radius 1 is 1.17 bits per heavy atom. The molecule has 186 valence electrons. The van der Waals surface area contributed by atoms with Gasteiger partial charge in [0.15, 0.2) is 5.16 Å². The van der Waals surface area contributed by atoms with E-state index in [1.165, 1.54) is 12.1 Å². The largest absolute Gasteiger partial charge is 0.496 e. The number of pyridine rings is 1. The second-order valence-corrected chi connectivity index (χ2v) is 9.21. The van der Waals surface area contributed by atoms with E-state index in [2.05, 4.69) is 19.8 Å². The summed E-state index contributed by atoms with van der Waals surface area (Å²) in [6, 6.07) is 10.9. The third-order valence-corrected chi connectivity index (χ3v) is 6.56. The molecule has 11 nitrogen and oxygen atoms in total. The number of nitrogens with zero attached hydrogens (tertiary/aromatic N) is 3. The Morgan fingerprint density at radius 2 is 1.92 bits per heavy atom. The number of hydrogen-bond acceptors (Lipinski definition) is 9. The van der Waals surface area contributed by atoms with Gasteiger partial charge in [0.25, 0.3) is 5.09 Å². The average Bonchev–Trinajstić information content (AvgIpc) is 3.29. The van der Waals surface area contributed by atoms with Crippen LogP contribution >= 0.6 is 0 Å². The normalized spacial score (nSPS) is 11.8. The van der Waals surface area contributed by atoms with Crippen LogP contribution in [-0.2, 0) is 28.0 Å². The Kier molecular flexibility index (Phi) is 7.25. The van der Waals surface area contributed by atoms with Crippen molar-refractivity contribution in [2.45, 2.75) is 31.4 Å². The van der Waals surface area contributed by atoms with E-state index < -0.39 is 21.9 Å². The lowest BCUT2D eigenvalue weighted by atomic mass is 10.1. The van der Waals surface area contributed by atoms with E-state index in [-0.39, 0.29) is 28.8 Å². The Bertz CT molecular complexity index is 1470. The van der Waals surface area contributed by atoms with Crippen molar-refractivity contribution in [3.05, 3.63) is 86.7 Å². The van der Waals surface area contributed by atoms with Crippen LogP contribution in [0.25, 0.3) is 11.0 Å². The molecule has 0 fully saturated rings. The predicted molar refractivity (Wildman–Crippen MR) is 130 cm³/mol. The van der Waals surface area contributed by atoms with Gasteiger partial charge in [0.2, 0.25) is 0 Å². The highest BCUT2D eigenvalue weighted by molar-refractivity contribution is 7.84. The van der Waals surface area contributed by atoms with Gasteiger partial charge < -0.3 is 19.3 Å². The number of rotatable bonds is 9. The zero-order chi connectivity index (χ0) is 25.8. The molecule has 0 saturated heterocycles. The number of esters is 1. The number of H-pyrrole nitrogens is 1. The van der Waals surface area contributed by atoms with E-state index in [9.17, 15) is 19.1 Å². The Morgan fingerprint density at radius 3 is 2.61 bits per heavy atom. The van der Waals surface area contributed by atoms with Gasteiger partial charge in [0, 0.05) is 23.4 Å². The summed E-state index contributed by atoms with van der Waals surface area (Å²) >= 11 is 0. The van der Waals surface area contributed by atoms with Gasteiger partial charge >= 0.3 is 5.97 Å². The van der Waals surface area contributed by atoms with Crippen molar-refractivity contribution < 1.29 is 28.4 Å². The molecular formula is C24H22N4O7S. The molecule has 0 aliphatic rings. The fourth-order valence-electron chi connectivity index (χ4n) is 3.58.